The quantitative estimate of drug-likeness (QED) is 0.196. The van der Waals surface area contributed by atoms with Crippen LogP contribution in [-0.2, 0) is 19.1 Å². The molecule has 4 heteroatoms. The van der Waals surface area contributed by atoms with Crippen LogP contribution in [0.3, 0.4) is 0 Å². The first kappa shape index (κ1) is 27.0. The SMILES string of the molecule is COC(=O)CCCCCCCC1CCC(C)C(CCCCCCCC(=O)OC)C1C. The molecular formula is C26H48O4. The van der Waals surface area contributed by atoms with Crippen LogP contribution < -0.4 is 0 Å². The summed E-state index contributed by atoms with van der Waals surface area (Å²) >= 11 is 0. The van der Waals surface area contributed by atoms with E-state index in [9.17, 15) is 9.59 Å². The van der Waals surface area contributed by atoms with Crippen LogP contribution in [0.15, 0.2) is 0 Å². The molecule has 0 amide bonds. The minimum atomic E-state index is -0.0768. The Balaban J connectivity index is 2.14. The van der Waals surface area contributed by atoms with Gasteiger partial charge >= 0.3 is 11.9 Å². The summed E-state index contributed by atoms with van der Waals surface area (Å²) in [4.78, 5) is 22.3. The summed E-state index contributed by atoms with van der Waals surface area (Å²) in [5, 5.41) is 0. The molecule has 1 fully saturated rings. The molecule has 176 valence electrons. The molecule has 1 rings (SSSR count). The average molecular weight is 425 g/mol. The van der Waals surface area contributed by atoms with Gasteiger partial charge in [0.1, 0.15) is 0 Å². The van der Waals surface area contributed by atoms with Gasteiger partial charge in [0.15, 0.2) is 0 Å². The molecule has 1 saturated carbocycles. The molecule has 0 aliphatic heterocycles. The van der Waals surface area contributed by atoms with Crippen molar-refractivity contribution in [3.05, 3.63) is 0 Å². The van der Waals surface area contributed by atoms with E-state index in [4.69, 9.17) is 9.47 Å². The number of methoxy groups -OCH3 is 2. The van der Waals surface area contributed by atoms with Crippen molar-refractivity contribution in [2.75, 3.05) is 14.2 Å². The van der Waals surface area contributed by atoms with Crippen LogP contribution in [0.4, 0.5) is 0 Å². The first-order valence-corrected chi connectivity index (χ1v) is 12.6. The van der Waals surface area contributed by atoms with E-state index >= 15 is 0 Å². The van der Waals surface area contributed by atoms with E-state index in [0.717, 1.165) is 49.4 Å². The van der Waals surface area contributed by atoms with Crippen molar-refractivity contribution in [1.29, 1.82) is 0 Å². The average Bonchev–Trinajstić information content (AvgIpc) is 2.75. The standard InChI is InChI=1S/C26H48O4/c1-21-19-20-23(15-11-7-5-9-13-17-25(27)29-3)22(2)24(21)16-12-8-6-10-14-18-26(28)30-4/h21-24H,5-20H2,1-4H3. The number of carbonyl (C=O) groups excluding carboxylic acids is 2. The number of unbranched alkanes of at least 4 members (excludes halogenated alkanes) is 8. The van der Waals surface area contributed by atoms with Gasteiger partial charge in [-0.1, -0.05) is 78.1 Å². The molecule has 0 bridgehead atoms. The maximum Gasteiger partial charge on any atom is 0.305 e. The highest BCUT2D eigenvalue weighted by Crippen LogP contribution is 2.43. The van der Waals surface area contributed by atoms with Crippen LogP contribution in [0.2, 0.25) is 0 Å². The molecule has 4 nitrogen and oxygen atoms in total. The predicted octanol–water partition coefficient (Wildman–Crippen LogP) is 7.09. The van der Waals surface area contributed by atoms with Crippen LogP contribution in [-0.4, -0.2) is 26.2 Å². The summed E-state index contributed by atoms with van der Waals surface area (Å²) in [7, 11) is 2.94. The number of hydrogen-bond donors (Lipinski definition) is 0. The molecule has 0 aromatic heterocycles. The molecule has 0 aromatic rings. The molecular weight excluding hydrogens is 376 g/mol. The van der Waals surface area contributed by atoms with E-state index in [1.165, 1.54) is 78.4 Å². The lowest BCUT2D eigenvalue weighted by atomic mass is 9.65. The first-order chi connectivity index (χ1) is 14.5. The van der Waals surface area contributed by atoms with Crippen LogP contribution in [0.1, 0.15) is 117 Å². The van der Waals surface area contributed by atoms with Crippen molar-refractivity contribution >= 4 is 11.9 Å². The summed E-state index contributed by atoms with van der Waals surface area (Å²) in [5.41, 5.74) is 0. The summed E-state index contributed by atoms with van der Waals surface area (Å²) in [5.74, 6) is 3.36. The van der Waals surface area contributed by atoms with Crippen LogP contribution in [0.5, 0.6) is 0 Å². The van der Waals surface area contributed by atoms with Gasteiger partial charge in [0.25, 0.3) is 0 Å². The van der Waals surface area contributed by atoms with Crippen molar-refractivity contribution in [2.24, 2.45) is 23.7 Å². The molecule has 1 aliphatic rings. The highest BCUT2D eigenvalue weighted by atomic mass is 16.5. The fourth-order valence-electron chi connectivity index (χ4n) is 5.37. The summed E-state index contributed by atoms with van der Waals surface area (Å²) in [6.45, 7) is 4.98. The number of ether oxygens (including phenoxy) is 2. The molecule has 0 N–H and O–H groups in total. The van der Waals surface area contributed by atoms with Gasteiger partial charge in [0.2, 0.25) is 0 Å². The third-order valence-corrected chi connectivity index (χ3v) is 7.47. The van der Waals surface area contributed by atoms with Crippen molar-refractivity contribution in [1.82, 2.24) is 0 Å². The second-order valence-electron chi connectivity index (χ2n) is 9.60. The monoisotopic (exact) mass is 424 g/mol. The van der Waals surface area contributed by atoms with Gasteiger partial charge in [-0.05, 0) is 49.4 Å². The van der Waals surface area contributed by atoms with E-state index in [-0.39, 0.29) is 11.9 Å². The Morgan fingerprint density at radius 1 is 0.667 bits per heavy atom. The lowest BCUT2D eigenvalue weighted by molar-refractivity contribution is -0.141. The zero-order valence-electron chi connectivity index (χ0n) is 20.3. The highest BCUT2D eigenvalue weighted by Gasteiger charge is 2.33. The minimum absolute atomic E-state index is 0.0765. The van der Waals surface area contributed by atoms with Crippen LogP contribution >= 0.6 is 0 Å². The van der Waals surface area contributed by atoms with E-state index in [1.807, 2.05) is 0 Å². The Bertz CT molecular complexity index is 462. The van der Waals surface area contributed by atoms with Gasteiger partial charge < -0.3 is 9.47 Å². The van der Waals surface area contributed by atoms with Crippen LogP contribution in [0, 0.1) is 23.7 Å². The van der Waals surface area contributed by atoms with Gasteiger partial charge in [0.05, 0.1) is 14.2 Å². The Kier molecular flexibility index (Phi) is 14.9. The summed E-state index contributed by atoms with van der Waals surface area (Å²) < 4.78 is 9.40. The molecule has 30 heavy (non-hydrogen) atoms. The maximum absolute atomic E-state index is 11.1. The Labute approximate surface area is 185 Å². The zero-order valence-corrected chi connectivity index (χ0v) is 20.3. The number of carbonyl (C=O) groups is 2. The maximum atomic E-state index is 11.1. The van der Waals surface area contributed by atoms with Gasteiger partial charge in [0, 0.05) is 12.8 Å². The predicted molar refractivity (Wildman–Crippen MR) is 123 cm³/mol. The second kappa shape index (κ2) is 16.6. The van der Waals surface area contributed by atoms with Crippen molar-refractivity contribution in [3.63, 3.8) is 0 Å². The summed E-state index contributed by atoms with van der Waals surface area (Å²) in [6.07, 6.45) is 18.7. The fraction of sp³-hybridized carbons (Fsp3) is 0.923. The van der Waals surface area contributed by atoms with E-state index in [0.29, 0.717) is 12.8 Å². The van der Waals surface area contributed by atoms with E-state index in [1.54, 1.807) is 0 Å². The lowest BCUT2D eigenvalue weighted by Gasteiger charge is -2.41. The largest absolute Gasteiger partial charge is 0.469 e. The first-order valence-electron chi connectivity index (χ1n) is 12.6. The number of rotatable bonds is 16. The van der Waals surface area contributed by atoms with Crippen molar-refractivity contribution in [3.8, 4) is 0 Å². The Hall–Kier alpha value is -1.06. The zero-order chi connectivity index (χ0) is 22.2. The molecule has 1 aliphatic carbocycles. The normalized spacial score (nSPS) is 23.9. The Morgan fingerprint density at radius 2 is 1.13 bits per heavy atom. The van der Waals surface area contributed by atoms with Gasteiger partial charge in [-0.15, -0.1) is 0 Å². The minimum Gasteiger partial charge on any atom is -0.469 e. The van der Waals surface area contributed by atoms with Gasteiger partial charge in [-0.2, -0.15) is 0 Å². The highest BCUT2D eigenvalue weighted by molar-refractivity contribution is 5.69. The molecule has 0 spiro atoms. The lowest BCUT2D eigenvalue weighted by Crippen LogP contribution is -2.31. The molecule has 0 heterocycles. The third kappa shape index (κ3) is 11.4. The van der Waals surface area contributed by atoms with E-state index in [2.05, 4.69) is 13.8 Å². The third-order valence-electron chi connectivity index (χ3n) is 7.47. The molecule has 0 saturated heterocycles. The number of hydrogen-bond acceptors (Lipinski definition) is 4. The molecule has 4 unspecified atom stereocenters. The van der Waals surface area contributed by atoms with Crippen molar-refractivity contribution in [2.45, 2.75) is 117 Å². The number of esters is 2. The second-order valence-corrected chi connectivity index (χ2v) is 9.60. The van der Waals surface area contributed by atoms with E-state index < -0.39 is 0 Å². The molecule has 0 aromatic carbocycles. The van der Waals surface area contributed by atoms with Crippen molar-refractivity contribution < 1.29 is 19.1 Å². The molecule has 4 atom stereocenters. The molecule has 0 radical (unpaired) electrons. The Morgan fingerprint density at radius 3 is 1.67 bits per heavy atom. The fourth-order valence-corrected chi connectivity index (χ4v) is 5.37. The van der Waals surface area contributed by atoms with Gasteiger partial charge in [-0.25, -0.2) is 0 Å². The topological polar surface area (TPSA) is 52.6 Å². The van der Waals surface area contributed by atoms with Crippen LogP contribution in [0.25, 0.3) is 0 Å². The van der Waals surface area contributed by atoms with Gasteiger partial charge in [-0.3, -0.25) is 9.59 Å². The summed E-state index contributed by atoms with van der Waals surface area (Å²) in [6, 6.07) is 0. The smallest absolute Gasteiger partial charge is 0.305 e.